The Morgan fingerprint density at radius 1 is 0.952 bits per heavy atom. The summed E-state index contributed by atoms with van der Waals surface area (Å²) in [6, 6.07) is 19.2. The molecule has 0 N–H and O–H groups in total. The van der Waals surface area contributed by atoms with Crippen LogP contribution in [0.1, 0.15) is 0 Å². The highest BCUT2D eigenvalue weighted by atomic mass is 32.2. The van der Waals surface area contributed by atoms with Gasteiger partial charge in [0.1, 0.15) is 8.07 Å². The summed E-state index contributed by atoms with van der Waals surface area (Å²) in [5, 5.41) is 0. The van der Waals surface area contributed by atoms with Crippen LogP contribution in [0.2, 0.25) is 19.6 Å². The lowest BCUT2D eigenvalue weighted by Gasteiger charge is -2.17. The molecule has 0 aliphatic rings. The van der Waals surface area contributed by atoms with Crippen molar-refractivity contribution in [1.82, 2.24) is 0 Å². The smallest absolute Gasteiger partial charge is 0.102 e. The van der Waals surface area contributed by atoms with Gasteiger partial charge >= 0.3 is 0 Å². The molecule has 0 bridgehead atoms. The van der Waals surface area contributed by atoms with E-state index in [0.29, 0.717) is 0 Å². The molecule has 2 aromatic rings. The van der Waals surface area contributed by atoms with E-state index in [4.69, 9.17) is 0 Å². The summed E-state index contributed by atoms with van der Waals surface area (Å²) < 4.78 is 13.6. The normalized spacial score (nSPS) is 12.3. The molecule has 4 heteroatoms. The molecule has 0 radical (unpaired) electrons. The molecular weight excluding hydrogens is 294 g/mol. The molecule has 108 valence electrons. The van der Waals surface area contributed by atoms with Crippen molar-refractivity contribution in [3.8, 4) is 0 Å². The van der Waals surface area contributed by atoms with Crippen molar-refractivity contribution in [2.45, 2.75) is 24.5 Å². The van der Waals surface area contributed by atoms with Crippen molar-refractivity contribution < 1.29 is 4.21 Å². The van der Waals surface area contributed by atoms with Gasteiger partial charge in [-0.2, -0.15) is 0 Å². The lowest BCUT2D eigenvalue weighted by Crippen LogP contribution is -2.27. The minimum Gasteiger partial charge on any atom is -0.249 e. The van der Waals surface area contributed by atoms with Gasteiger partial charge in [-0.15, -0.1) is 0 Å². The van der Waals surface area contributed by atoms with E-state index in [1.165, 1.54) is 0 Å². The first kappa shape index (κ1) is 15.6. The third-order valence-electron chi connectivity index (χ3n) is 2.87. The Bertz CT molecular complexity index is 684. The molecular formula is C17H19NOSSi. The summed E-state index contributed by atoms with van der Waals surface area (Å²) in [5.41, 5.74) is 0.832. The van der Waals surface area contributed by atoms with Gasteiger partial charge in [0, 0.05) is 4.90 Å². The van der Waals surface area contributed by atoms with Crippen molar-refractivity contribution in [2.75, 3.05) is 0 Å². The van der Waals surface area contributed by atoms with E-state index >= 15 is 0 Å². The maximum atomic E-state index is 12.8. The lowest BCUT2D eigenvalue weighted by molar-refractivity contribution is 0.688. The third-order valence-corrected chi connectivity index (χ3v) is 7.90. The van der Waals surface area contributed by atoms with Crippen LogP contribution in [-0.4, -0.2) is 18.2 Å². The van der Waals surface area contributed by atoms with Gasteiger partial charge in [-0.3, -0.25) is 0 Å². The van der Waals surface area contributed by atoms with Crippen LogP contribution in [0.4, 0.5) is 5.69 Å². The van der Waals surface area contributed by atoms with Gasteiger partial charge in [0.15, 0.2) is 0 Å². The molecule has 1 unspecified atom stereocenters. The van der Waals surface area contributed by atoms with Crippen molar-refractivity contribution >= 4 is 30.4 Å². The van der Waals surface area contributed by atoms with E-state index in [2.05, 4.69) is 30.5 Å². The molecule has 2 nitrogen and oxygen atoms in total. The predicted molar refractivity (Wildman–Crippen MR) is 93.2 cm³/mol. The van der Waals surface area contributed by atoms with Gasteiger partial charge in [-0.25, -0.2) is 9.20 Å². The van der Waals surface area contributed by atoms with Crippen LogP contribution in [0.5, 0.6) is 0 Å². The van der Waals surface area contributed by atoms with Gasteiger partial charge in [0.2, 0.25) is 0 Å². The molecule has 21 heavy (non-hydrogen) atoms. The second kappa shape index (κ2) is 6.81. The maximum Gasteiger partial charge on any atom is 0.102 e. The second-order valence-corrected chi connectivity index (χ2v) is 12.5. The number of rotatable bonds is 4. The van der Waals surface area contributed by atoms with Crippen LogP contribution < -0.4 is 0 Å². The number of aliphatic imine (C=N–C) groups is 1. The zero-order valence-corrected chi connectivity index (χ0v) is 14.4. The molecule has 0 spiro atoms. The molecule has 0 aliphatic carbocycles. The van der Waals surface area contributed by atoms with Crippen LogP contribution in [0.15, 0.2) is 75.1 Å². The highest BCUT2D eigenvalue weighted by molar-refractivity contribution is 7.92. The molecule has 0 heterocycles. The number of hydrogen-bond donors (Lipinski definition) is 0. The Kier molecular flexibility index (Phi) is 5.07. The summed E-state index contributed by atoms with van der Waals surface area (Å²) in [6.07, 6.45) is 0. The first-order valence-corrected chi connectivity index (χ1v) is 11.5. The average molecular weight is 313 g/mol. The van der Waals surface area contributed by atoms with E-state index in [1.54, 1.807) is 0 Å². The molecule has 0 aromatic heterocycles. The Morgan fingerprint density at radius 2 is 1.48 bits per heavy atom. The monoisotopic (exact) mass is 313 g/mol. The van der Waals surface area contributed by atoms with Crippen LogP contribution in [-0.2, 0) is 10.8 Å². The summed E-state index contributed by atoms with van der Waals surface area (Å²) in [5.74, 6) is 3.08. The first-order chi connectivity index (χ1) is 9.98. The quantitative estimate of drug-likeness (QED) is 0.601. The zero-order valence-electron chi connectivity index (χ0n) is 12.5. The Labute approximate surface area is 129 Å². The molecule has 0 aliphatic heterocycles. The van der Waals surface area contributed by atoms with Gasteiger partial charge in [0.25, 0.3) is 0 Å². The fourth-order valence-electron chi connectivity index (χ4n) is 1.77. The molecule has 0 fully saturated rings. The Hall–Kier alpha value is -1.74. The number of para-hydroxylation sites is 1. The first-order valence-electron chi connectivity index (χ1n) is 6.84. The van der Waals surface area contributed by atoms with Gasteiger partial charge in [0.05, 0.1) is 21.0 Å². The molecule has 2 aromatic carbocycles. The average Bonchev–Trinajstić information content (AvgIpc) is 2.48. The van der Waals surface area contributed by atoms with E-state index in [0.717, 1.165) is 15.1 Å². The van der Waals surface area contributed by atoms with E-state index in [-0.39, 0.29) is 0 Å². The second-order valence-electron chi connectivity index (χ2n) is 5.72. The van der Waals surface area contributed by atoms with Crippen LogP contribution in [0.25, 0.3) is 0 Å². The summed E-state index contributed by atoms with van der Waals surface area (Å²) in [7, 11) is -2.97. The Balaban J connectivity index is 2.46. The Morgan fingerprint density at radius 3 is 2.00 bits per heavy atom. The molecule has 0 saturated carbocycles. The summed E-state index contributed by atoms with van der Waals surface area (Å²) in [6.45, 7) is 6.49. The van der Waals surface area contributed by atoms with Crippen LogP contribution in [0.3, 0.4) is 0 Å². The van der Waals surface area contributed by atoms with Crippen LogP contribution >= 0.6 is 0 Å². The fraction of sp³-hybridized carbons (Fsp3) is 0.176. The minimum absolute atomic E-state index is 0.811. The lowest BCUT2D eigenvalue weighted by atomic mass is 10.3. The van der Waals surface area contributed by atoms with E-state index in [9.17, 15) is 4.21 Å². The predicted octanol–water partition coefficient (Wildman–Crippen LogP) is 4.56. The molecule has 0 saturated heterocycles. The largest absolute Gasteiger partial charge is 0.249 e. The highest BCUT2D eigenvalue weighted by Gasteiger charge is 2.26. The molecule has 2 rings (SSSR count). The maximum absolute atomic E-state index is 12.8. The van der Waals surface area contributed by atoms with Crippen molar-refractivity contribution in [3.63, 3.8) is 0 Å². The SMILES string of the molecule is C[Si](C)(C)C(=C=Nc1ccccc1)S(=O)c1ccccc1. The zero-order chi connectivity index (χ0) is 15.3. The molecule has 1 atom stereocenters. The van der Waals surface area contributed by atoms with Gasteiger partial charge in [-0.1, -0.05) is 56.0 Å². The van der Waals surface area contributed by atoms with Gasteiger partial charge in [-0.05, 0) is 30.1 Å². The summed E-state index contributed by atoms with van der Waals surface area (Å²) in [4.78, 5) is 5.19. The number of benzene rings is 2. The fourth-order valence-corrected chi connectivity index (χ4v) is 5.51. The van der Waals surface area contributed by atoms with Crippen molar-refractivity contribution in [2.24, 2.45) is 4.99 Å². The van der Waals surface area contributed by atoms with E-state index < -0.39 is 18.9 Å². The highest BCUT2D eigenvalue weighted by Crippen LogP contribution is 2.22. The topological polar surface area (TPSA) is 29.4 Å². The van der Waals surface area contributed by atoms with E-state index in [1.807, 2.05) is 60.7 Å². The van der Waals surface area contributed by atoms with Crippen molar-refractivity contribution in [1.29, 1.82) is 0 Å². The minimum atomic E-state index is -1.77. The third kappa shape index (κ3) is 4.36. The molecule has 0 amide bonds. The van der Waals surface area contributed by atoms with Crippen LogP contribution in [0, 0.1) is 0 Å². The standard InChI is InChI=1S/C17H19NOSSi/c1-21(2,3)17(14-18-15-10-6-4-7-11-15)20(19)16-12-8-5-9-13-16/h4-13H,1-3H3. The summed E-state index contributed by atoms with van der Waals surface area (Å²) >= 11 is 0. The number of hydrogen-bond acceptors (Lipinski definition) is 2. The number of nitrogens with zero attached hydrogens (tertiary/aromatic N) is 1. The van der Waals surface area contributed by atoms with Crippen molar-refractivity contribution in [3.05, 3.63) is 65.2 Å². The van der Waals surface area contributed by atoms with Gasteiger partial charge < -0.3 is 0 Å².